The minimum atomic E-state index is -0.0893. The van der Waals surface area contributed by atoms with Crippen molar-refractivity contribution in [2.45, 2.75) is 33.6 Å². The number of carbonyl (C=O) groups excluding carboxylic acids is 2. The maximum Gasteiger partial charge on any atom is 0.274 e. The molecule has 1 aromatic heterocycles. The van der Waals surface area contributed by atoms with Crippen molar-refractivity contribution in [1.29, 1.82) is 0 Å². The van der Waals surface area contributed by atoms with Gasteiger partial charge in [0, 0.05) is 24.3 Å². The first kappa shape index (κ1) is 18.6. The van der Waals surface area contributed by atoms with Crippen molar-refractivity contribution in [2.24, 2.45) is 0 Å². The quantitative estimate of drug-likeness (QED) is 0.742. The van der Waals surface area contributed by atoms with E-state index in [0.29, 0.717) is 17.1 Å². The number of Topliss-reactive ketones (excluding diaryl/α,β-unsaturated/α-hetero) is 1. The lowest BCUT2D eigenvalue weighted by Crippen LogP contribution is -2.33. The molecule has 1 N–H and O–H groups in total. The van der Waals surface area contributed by atoms with Gasteiger partial charge in [-0.3, -0.25) is 9.59 Å². The van der Waals surface area contributed by atoms with Crippen molar-refractivity contribution >= 4 is 23.2 Å². The number of benzene rings is 1. The third-order valence-electron chi connectivity index (χ3n) is 3.72. The molecule has 0 radical (unpaired) electrons. The van der Waals surface area contributed by atoms with Gasteiger partial charge in [-0.05, 0) is 56.2 Å². The van der Waals surface area contributed by atoms with E-state index in [-0.39, 0.29) is 11.7 Å². The summed E-state index contributed by atoms with van der Waals surface area (Å²) in [5.74, 6) is 0.483. The van der Waals surface area contributed by atoms with Crippen LogP contribution in [0.1, 0.15) is 54.5 Å². The van der Waals surface area contributed by atoms with Gasteiger partial charge < -0.3 is 10.2 Å². The molecule has 6 nitrogen and oxygen atoms in total. The van der Waals surface area contributed by atoms with Crippen LogP contribution in [0, 0.1) is 0 Å². The lowest BCUT2D eigenvalue weighted by Gasteiger charge is -2.20. The number of rotatable bonds is 8. The van der Waals surface area contributed by atoms with Crippen molar-refractivity contribution in [3.8, 4) is 0 Å². The van der Waals surface area contributed by atoms with Crippen LogP contribution in [-0.2, 0) is 0 Å². The van der Waals surface area contributed by atoms with E-state index in [4.69, 9.17) is 0 Å². The molecule has 0 spiro atoms. The normalized spacial score (nSPS) is 10.4. The number of nitrogens with zero attached hydrogens (tertiary/aromatic N) is 3. The van der Waals surface area contributed by atoms with Gasteiger partial charge in [0.1, 0.15) is 0 Å². The molecular formula is C19H24N4O2. The van der Waals surface area contributed by atoms with Crippen LogP contribution in [0.5, 0.6) is 0 Å². The van der Waals surface area contributed by atoms with E-state index in [9.17, 15) is 9.59 Å². The van der Waals surface area contributed by atoms with Gasteiger partial charge in [0.05, 0.1) is 0 Å². The van der Waals surface area contributed by atoms with Gasteiger partial charge in [0.2, 0.25) is 0 Å². The Labute approximate surface area is 148 Å². The number of hydrogen-bond donors (Lipinski definition) is 1. The monoisotopic (exact) mass is 340 g/mol. The fourth-order valence-electron chi connectivity index (χ4n) is 2.47. The van der Waals surface area contributed by atoms with E-state index in [1.807, 2.05) is 26.0 Å². The molecule has 2 aromatic rings. The summed E-state index contributed by atoms with van der Waals surface area (Å²) in [6.45, 7) is 7.07. The molecule has 2 rings (SSSR count). The summed E-state index contributed by atoms with van der Waals surface area (Å²) in [4.78, 5) is 25.6. The Balaban J connectivity index is 2.05. The number of aromatic nitrogens is 2. The summed E-state index contributed by atoms with van der Waals surface area (Å²) in [7, 11) is 0. The molecule has 0 unspecified atom stereocenters. The van der Waals surface area contributed by atoms with Crippen molar-refractivity contribution < 1.29 is 9.59 Å². The molecule has 6 heteroatoms. The van der Waals surface area contributed by atoms with E-state index in [2.05, 4.69) is 15.5 Å². The molecule has 1 heterocycles. The van der Waals surface area contributed by atoms with Crippen LogP contribution in [0.25, 0.3) is 0 Å². The molecular weight excluding hydrogens is 316 g/mol. The first-order chi connectivity index (χ1) is 12.0. The van der Waals surface area contributed by atoms with Crippen LogP contribution in [0.2, 0.25) is 0 Å². The molecule has 0 aliphatic heterocycles. The molecule has 0 aliphatic carbocycles. The Kier molecular flexibility index (Phi) is 6.62. The molecule has 1 aromatic carbocycles. The minimum Gasteiger partial charge on any atom is -0.339 e. The summed E-state index contributed by atoms with van der Waals surface area (Å²) < 4.78 is 0. The molecule has 0 aliphatic rings. The van der Waals surface area contributed by atoms with Crippen LogP contribution in [0.3, 0.4) is 0 Å². The van der Waals surface area contributed by atoms with Gasteiger partial charge in [-0.1, -0.05) is 13.8 Å². The zero-order valence-electron chi connectivity index (χ0n) is 15.0. The predicted molar refractivity (Wildman–Crippen MR) is 98.2 cm³/mol. The Morgan fingerprint density at radius 1 is 0.960 bits per heavy atom. The molecule has 0 saturated heterocycles. The van der Waals surface area contributed by atoms with Gasteiger partial charge in [-0.15, -0.1) is 10.2 Å². The second-order valence-electron chi connectivity index (χ2n) is 5.85. The molecule has 25 heavy (non-hydrogen) atoms. The predicted octanol–water partition coefficient (Wildman–Crippen LogP) is 3.69. The molecule has 132 valence electrons. The smallest absolute Gasteiger partial charge is 0.274 e. The highest BCUT2D eigenvalue weighted by atomic mass is 16.2. The molecule has 0 saturated carbocycles. The van der Waals surface area contributed by atoms with Crippen LogP contribution >= 0.6 is 0 Å². The Morgan fingerprint density at radius 3 is 2.08 bits per heavy atom. The second-order valence-corrected chi connectivity index (χ2v) is 5.85. The summed E-state index contributed by atoms with van der Waals surface area (Å²) in [5.41, 5.74) is 1.81. The Morgan fingerprint density at radius 2 is 1.60 bits per heavy atom. The maximum atomic E-state index is 12.5. The molecule has 1 amide bonds. The van der Waals surface area contributed by atoms with E-state index in [0.717, 1.165) is 31.6 Å². The number of amides is 1. The fourth-order valence-corrected chi connectivity index (χ4v) is 2.47. The molecule has 0 fully saturated rings. The largest absolute Gasteiger partial charge is 0.339 e. The van der Waals surface area contributed by atoms with Gasteiger partial charge >= 0.3 is 0 Å². The highest BCUT2D eigenvalue weighted by Gasteiger charge is 2.16. The first-order valence-corrected chi connectivity index (χ1v) is 8.56. The minimum absolute atomic E-state index is 0.0259. The number of hydrogen-bond acceptors (Lipinski definition) is 5. The zero-order valence-corrected chi connectivity index (χ0v) is 15.0. The highest BCUT2D eigenvalue weighted by molar-refractivity contribution is 5.94. The maximum absolute atomic E-state index is 12.5. The average Bonchev–Trinajstić information content (AvgIpc) is 2.62. The van der Waals surface area contributed by atoms with Crippen LogP contribution in [-0.4, -0.2) is 39.9 Å². The Hall–Kier alpha value is -2.76. The first-order valence-electron chi connectivity index (χ1n) is 8.56. The van der Waals surface area contributed by atoms with Crippen molar-refractivity contribution in [3.63, 3.8) is 0 Å². The number of carbonyl (C=O) groups is 2. The summed E-state index contributed by atoms with van der Waals surface area (Å²) in [6, 6.07) is 10.5. The number of ketones is 1. The molecule has 0 atom stereocenters. The summed E-state index contributed by atoms with van der Waals surface area (Å²) in [5, 5.41) is 11.2. The lowest BCUT2D eigenvalue weighted by atomic mass is 10.1. The summed E-state index contributed by atoms with van der Waals surface area (Å²) >= 11 is 0. The zero-order chi connectivity index (χ0) is 18.2. The van der Waals surface area contributed by atoms with Crippen molar-refractivity contribution in [3.05, 3.63) is 47.7 Å². The topological polar surface area (TPSA) is 75.2 Å². The fraction of sp³-hybridized carbons (Fsp3) is 0.368. The highest BCUT2D eigenvalue weighted by Crippen LogP contribution is 2.15. The van der Waals surface area contributed by atoms with Gasteiger partial charge in [-0.2, -0.15) is 0 Å². The van der Waals surface area contributed by atoms with E-state index in [1.165, 1.54) is 6.92 Å². The number of anilines is 2. The standard InChI is InChI=1S/C19H24N4O2/c1-4-12-23(13-5-2)19(25)17-10-11-18(22-21-17)20-16-8-6-15(7-9-16)14(3)24/h6-11H,4-5,12-13H2,1-3H3,(H,20,22). The van der Waals surface area contributed by atoms with Gasteiger partial charge in [0.15, 0.2) is 17.3 Å². The average molecular weight is 340 g/mol. The van der Waals surface area contributed by atoms with E-state index < -0.39 is 0 Å². The van der Waals surface area contributed by atoms with Gasteiger partial charge in [-0.25, -0.2) is 0 Å². The van der Waals surface area contributed by atoms with E-state index >= 15 is 0 Å². The van der Waals surface area contributed by atoms with E-state index in [1.54, 1.807) is 29.2 Å². The third-order valence-corrected chi connectivity index (χ3v) is 3.72. The Bertz CT molecular complexity index is 705. The SMILES string of the molecule is CCCN(CCC)C(=O)c1ccc(Nc2ccc(C(C)=O)cc2)nn1. The second kappa shape index (κ2) is 8.92. The molecule has 0 bridgehead atoms. The van der Waals surface area contributed by atoms with Gasteiger partial charge in [0.25, 0.3) is 5.91 Å². The summed E-state index contributed by atoms with van der Waals surface area (Å²) in [6.07, 6.45) is 1.82. The van der Waals surface area contributed by atoms with Crippen molar-refractivity contribution in [1.82, 2.24) is 15.1 Å². The van der Waals surface area contributed by atoms with Crippen molar-refractivity contribution in [2.75, 3.05) is 18.4 Å². The van der Waals surface area contributed by atoms with Crippen LogP contribution in [0.15, 0.2) is 36.4 Å². The lowest BCUT2D eigenvalue weighted by molar-refractivity contribution is 0.0748. The number of nitrogens with one attached hydrogen (secondary N) is 1. The third kappa shape index (κ3) is 5.11. The van der Waals surface area contributed by atoms with Crippen LogP contribution < -0.4 is 5.32 Å². The van der Waals surface area contributed by atoms with Crippen LogP contribution in [0.4, 0.5) is 11.5 Å².